The maximum absolute atomic E-state index is 5.41. The highest BCUT2D eigenvalue weighted by Gasteiger charge is 2.26. The fourth-order valence-electron chi connectivity index (χ4n) is 2.22. The summed E-state index contributed by atoms with van der Waals surface area (Å²) in [4.78, 5) is 0. The molecule has 1 saturated heterocycles. The van der Waals surface area contributed by atoms with Crippen LogP contribution in [0.3, 0.4) is 0 Å². The summed E-state index contributed by atoms with van der Waals surface area (Å²) in [6.07, 6.45) is 6.38. The molecule has 1 aliphatic heterocycles. The van der Waals surface area contributed by atoms with Crippen molar-refractivity contribution in [3.05, 3.63) is 18.0 Å². The molecule has 1 aromatic heterocycles. The Morgan fingerprint density at radius 1 is 1.47 bits per heavy atom. The van der Waals surface area contributed by atoms with Crippen LogP contribution in [0, 0.1) is 5.41 Å². The predicted octanol–water partition coefficient (Wildman–Crippen LogP) is 1.81. The van der Waals surface area contributed by atoms with Crippen LogP contribution in [-0.4, -0.2) is 29.5 Å². The van der Waals surface area contributed by atoms with Gasteiger partial charge in [0.05, 0.1) is 6.20 Å². The summed E-state index contributed by atoms with van der Waals surface area (Å²) in [5.41, 5.74) is 1.67. The van der Waals surface area contributed by atoms with Gasteiger partial charge in [-0.1, -0.05) is 6.92 Å². The third-order valence-electron chi connectivity index (χ3n) is 3.59. The van der Waals surface area contributed by atoms with Crippen LogP contribution in [0.4, 0.5) is 0 Å². The first kappa shape index (κ1) is 12.6. The van der Waals surface area contributed by atoms with Crippen LogP contribution in [0.1, 0.15) is 32.3 Å². The van der Waals surface area contributed by atoms with Crippen LogP contribution in [0.5, 0.6) is 0 Å². The Morgan fingerprint density at radius 2 is 2.24 bits per heavy atom. The molecule has 0 spiro atoms. The standard InChI is InChI=1S/C13H23N3O/c1-3-16-10-12(9-15-16)8-14-11-13(2)4-6-17-7-5-13/h9-10,14H,3-8,11H2,1-2H3. The average molecular weight is 237 g/mol. The van der Waals surface area contributed by atoms with E-state index in [1.54, 1.807) is 0 Å². The second-order valence-corrected chi connectivity index (χ2v) is 5.23. The number of aromatic nitrogens is 2. The maximum Gasteiger partial charge on any atom is 0.0534 e. The first-order valence-corrected chi connectivity index (χ1v) is 6.52. The summed E-state index contributed by atoms with van der Waals surface area (Å²) >= 11 is 0. The third kappa shape index (κ3) is 3.54. The summed E-state index contributed by atoms with van der Waals surface area (Å²) < 4.78 is 7.37. The molecule has 2 heterocycles. The van der Waals surface area contributed by atoms with Crippen LogP contribution in [0.25, 0.3) is 0 Å². The minimum Gasteiger partial charge on any atom is -0.381 e. The number of hydrogen-bond acceptors (Lipinski definition) is 3. The molecule has 17 heavy (non-hydrogen) atoms. The van der Waals surface area contributed by atoms with E-state index >= 15 is 0 Å². The van der Waals surface area contributed by atoms with Gasteiger partial charge in [0, 0.05) is 44.6 Å². The topological polar surface area (TPSA) is 39.1 Å². The molecule has 0 atom stereocenters. The van der Waals surface area contributed by atoms with Crippen molar-refractivity contribution < 1.29 is 4.74 Å². The molecule has 1 aliphatic rings. The summed E-state index contributed by atoms with van der Waals surface area (Å²) in [5.74, 6) is 0. The molecule has 0 radical (unpaired) electrons. The smallest absolute Gasteiger partial charge is 0.0534 e. The zero-order valence-corrected chi connectivity index (χ0v) is 10.9. The zero-order valence-electron chi connectivity index (χ0n) is 10.9. The fraction of sp³-hybridized carbons (Fsp3) is 0.769. The van der Waals surface area contributed by atoms with Gasteiger partial charge in [0.15, 0.2) is 0 Å². The summed E-state index contributed by atoms with van der Waals surface area (Å²) in [6, 6.07) is 0. The summed E-state index contributed by atoms with van der Waals surface area (Å²) in [6.45, 7) is 9.18. The van der Waals surface area contributed by atoms with Gasteiger partial charge in [-0.25, -0.2) is 0 Å². The van der Waals surface area contributed by atoms with E-state index in [2.05, 4.69) is 30.5 Å². The molecule has 0 aromatic carbocycles. The lowest BCUT2D eigenvalue weighted by atomic mass is 9.82. The lowest BCUT2D eigenvalue weighted by Crippen LogP contribution is -2.36. The molecule has 96 valence electrons. The molecule has 0 amide bonds. The number of aryl methyl sites for hydroxylation is 1. The highest BCUT2D eigenvalue weighted by Crippen LogP contribution is 2.28. The third-order valence-corrected chi connectivity index (χ3v) is 3.59. The first-order valence-electron chi connectivity index (χ1n) is 6.52. The van der Waals surface area contributed by atoms with Crippen molar-refractivity contribution in [2.45, 2.75) is 39.8 Å². The van der Waals surface area contributed by atoms with E-state index in [9.17, 15) is 0 Å². The molecule has 0 aliphatic carbocycles. The van der Waals surface area contributed by atoms with Gasteiger partial charge < -0.3 is 10.1 Å². The number of nitrogens with zero attached hydrogens (tertiary/aromatic N) is 2. The molecular weight excluding hydrogens is 214 g/mol. The van der Waals surface area contributed by atoms with E-state index in [0.717, 1.165) is 45.7 Å². The number of rotatable bonds is 5. The van der Waals surface area contributed by atoms with Crippen molar-refractivity contribution >= 4 is 0 Å². The largest absolute Gasteiger partial charge is 0.381 e. The Hall–Kier alpha value is -0.870. The normalized spacial score (nSPS) is 19.4. The van der Waals surface area contributed by atoms with Gasteiger partial charge in [-0.2, -0.15) is 5.10 Å². The summed E-state index contributed by atoms with van der Waals surface area (Å²) in [5, 5.41) is 7.81. The van der Waals surface area contributed by atoms with Crippen molar-refractivity contribution in [1.82, 2.24) is 15.1 Å². The minimum atomic E-state index is 0.402. The Balaban J connectivity index is 1.74. The van der Waals surface area contributed by atoms with Crippen molar-refractivity contribution in [2.75, 3.05) is 19.8 Å². The Labute approximate surface area is 103 Å². The highest BCUT2D eigenvalue weighted by molar-refractivity contribution is 5.03. The van der Waals surface area contributed by atoms with Crippen molar-refractivity contribution in [3.63, 3.8) is 0 Å². The van der Waals surface area contributed by atoms with Crippen LogP contribution in [-0.2, 0) is 17.8 Å². The second kappa shape index (κ2) is 5.65. The molecule has 1 aromatic rings. The van der Waals surface area contributed by atoms with Gasteiger partial charge in [0.2, 0.25) is 0 Å². The number of hydrogen-bond donors (Lipinski definition) is 1. The minimum absolute atomic E-state index is 0.402. The van der Waals surface area contributed by atoms with Crippen molar-refractivity contribution in [1.29, 1.82) is 0 Å². The van der Waals surface area contributed by atoms with Crippen LogP contribution in [0.2, 0.25) is 0 Å². The molecule has 0 unspecified atom stereocenters. The monoisotopic (exact) mass is 237 g/mol. The van der Waals surface area contributed by atoms with Gasteiger partial charge in [0.1, 0.15) is 0 Å². The van der Waals surface area contributed by atoms with E-state index < -0.39 is 0 Å². The SMILES string of the molecule is CCn1cc(CNCC2(C)CCOCC2)cn1. The van der Waals surface area contributed by atoms with Crippen molar-refractivity contribution in [3.8, 4) is 0 Å². The van der Waals surface area contributed by atoms with Crippen LogP contribution >= 0.6 is 0 Å². The van der Waals surface area contributed by atoms with E-state index in [1.807, 2.05) is 10.9 Å². The van der Waals surface area contributed by atoms with Crippen LogP contribution in [0.15, 0.2) is 12.4 Å². The number of ether oxygens (including phenoxy) is 1. The average Bonchev–Trinajstić information content (AvgIpc) is 2.78. The van der Waals surface area contributed by atoms with Crippen molar-refractivity contribution in [2.24, 2.45) is 5.41 Å². The quantitative estimate of drug-likeness (QED) is 0.849. The molecule has 4 nitrogen and oxygen atoms in total. The molecular formula is C13H23N3O. The molecule has 4 heteroatoms. The van der Waals surface area contributed by atoms with Gasteiger partial charge in [-0.15, -0.1) is 0 Å². The Morgan fingerprint density at radius 3 is 2.88 bits per heavy atom. The maximum atomic E-state index is 5.41. The fourth-order valence-corrected chi connectivity index (χ4v) is 2.22. The van der Waals surface area contributed by atoms with Gasteiger partial charge in [0.25, 0.3) is 0 Å². The molecule has 0 saturated carbocycles. The second-order valence-electron chi connectivity index (χ2n) is 5.23. The molecule has 1 N–H and O–H groups in total. The molecule has 0 bridgehead atoms. The lowest BCUT2D eigenvalue weighted by Gasteiger charge is -2.33. The van der Waals surface area contributed by atoms with Gasteiger partial charge in [-0.3, -0.25) is 4.68 Å². The first-order chi connectivity index (χ1) is 8.22. The lowest BCUT2D eigenvalue weighted by molar-refractivity contribution is 0.0240. The van der Waals surface area contributed by atoms with E-state index in [0.29, 0.717) is 5.41 Å². The Kier molecular flexibility index (Phi) is 4.18. The summed E-state index contributed by atoms with van der Waals surface area (Å²) in [7, 11) is 0. The molecule has 1 fully saturated rings. The van der Waals surface area contributed by atoms with Gasteiger partial charge in [-0.05, 0) is 25.2 Å². The highest BCUT2D eigenvalue weighted by atomic mass is 16.5. The van der Waals surface area contributed by atoms with E-state index in [-0.39, 0.29) is 0 Å². The van der Waals surface area contributed by atoms with Gasteiger partial charge >= 0.3 is 0 Å². The molecule has 2 rings (SSSR count). The number of nitrogens with one attached hydrogen (secondary N) is 1. The van der Waals surface area contributed by atoms with E-state index in [1.165, 1.54) is 5.56 Å². The van der Waals surface area contributed by atoms with Crippen LogP contribution < -0.4 is 5.32 Å². The van der Waals surface area contributed by atoms with E-state index in [4.69, 9.17) is 4.74 Å². The Bertz CT molecular complexity index is 342. The zero-order chi connectivity index (χ0) is 12.1. The predicted molar refractivity (Wildman–Crippen MR) is 67.8 cm³/mol.